The summed E-state index contributed by atoms with van der Waals surface area (Å²) in [4.78, 5) is 35.9. The SMILES string of the molecule is CC1=CC(=O)N(C2(C(=O)O)CCOCC2)C1=O. The topological polar surface area (TPSA) is 83.9 Å². The van der Waals surface area contributed by atoms with Crippen LogP contribution in [0.25, 0.3) is 0 Å². The second kappa shape index (κ2) is 3.96. The molecule has 17 heavy (non-hydrogen) atoms. The summed E-state index contributed by atoms with van der Waals surface area (Å²) in [6, 6.07) is 0. The Labute approximate surface area is 97.8 Å². The molecule has 0 saturated carbocycles. The number of aliphatic carboxylic acids is 1. The first-order valence-electron chi connectivity index (χ1n) is 5.37. The second-order valence-electron chi connectivity index (χ2n) is 4.26. The molecule has 0 atom stereocenters. The Bertz CT molecular complexity index is 420. The smallest absolute Gasteiger partial charge is 0.330 e. The quantitative estimate of drug-likeness (QED) is 0.682. The van der Waals surface area contributed by atoms with E-state index in [0.29, 0.717) is 0 Å². The van der Waals surface area contributed by atoms with Gasteiger partial charge in [0.15, 0.2) is 5.54 Å². The van der Waals surface area contributed by atoms with Crippen molar-refractivity contribution in [2.24, 2.45) is 0 Å². The third-order valence-corrected chi connectivity index (χ3v) is 3.25. The van der Waals surface area contributed by atoms with Gasteiger partial charge in [0, 0.05) is 37.7 Å². The van der Waals surface area contributed by atoms with E-state index >= 15 is 0 Å². The number of amides is 2. The minimum Gasteiger partial charge on any atom is -0.479 e. The van der Waals surface area contributed by atoms with Crippen LogP contribution in [0.3, 0.4) is 0 Å². The third kappa shape index (κ3) is 1.64. The van der Waals surface area contributed by atoms with E-state index in [-0.39, 0.29) is 31.6 Å². The summed E-state index contributed by atoms with van der Waals surface area (Å²) in [6.45, 7) is 1.99. The van der Waals surface area contributed by atoms with Crippen molar-refractivity contribution in [3.8, 4) is 0 Å². The first-order valence-corrected chi connectivity index (χ1v) is 5.37. The van der Waals surface area contributed by atoms with Crippen LogP contribution in [0, 0.1) is 0 Å². The largest absolute Gasteiger partial charge is 0.479 e. The van der Waals surface area contributed by atoms with E-state index in [2.05, 4.69) is 0 Å². The molecule has 0 spiro atoms. The van der Waals surface area contributed by atoms with Crippen molar-refractivity contribution in [1.82, 2.24) is 4.90 Å². The lowest BCUT2D eigenvalue weighted by Gasteiger charge is -2.39. The van der Waals surface area contributed by atoms with E-state index in [1.807, 2.05) is 0 Å². The average Bonchev–Trinajstić information content (AvgIpc) is 2.54. The number of carboxylic acids is 1. The lowest BCUT2D eigenvalue weighted by atomic mass is 9.88. The fourth-order valence-electron chi connectivity index (χ4n) is 2.24. The van der Waals surface area contributed by atoms with E-state index in [1.165, 1.54) is 13.0 Å². The number of nitrogens with zero attached hydrogens (tertiary/aromatic N) is 1. The van der Waals surface area contributed by atoms with Gasteiger partial charge in [-0.3, -0.25) is 14.5 Å². The predicted molar refractivity (Wildman–Crippen MR) is 56.0 cm³/mol. The first kappa shape index (κ1) is 11.8. The van der Waals surface area contributed by atoms with Gasteiger partial charge in [0.2, 0.25) is 0 Å². The van der Waals surface area contributed by atoms with Gasteiger partial charge >= 0.3 is 5.97 Å². The molecule has 2 aliphatic rings. The molecule has 2 amide bonds. The van der Waals surface area contributed by atoms with Crippen molar-refractivity contribution in [2.45, 2.75) is 25.3 Å². The number of imide groups is 1. The summed E-state index contributed by atoms with van der Waals surface area (Å²) in [5, 5.41) is 9.35. The molecule has 2 rings (SSSR count). The van der Waals surface area contributed by atoms with Crippen molar-refractivity contribution >= 4 is 17.8 Å². The van der Waals surface area contributed by atoms with Gasteiger partial charge in [-0.15, -0.1) is 0 Å². The first-order chi connectivity index (χ1) is 7.99. The molecule has 1 fully saturated rings. The predicted octanol–water partition coefficient (Wildman–Crippen LogP) is -0.0647. The summed E-state index contributed by atoms with van der Waals surface area (Å²) < 4.78 is 5.10. The summed E-state index contributed by atoms with van der Waals surface area (Å²) in [6.07, 6.45) is 1.46. The Hall–Kier alpha value is -1.69. The minimum absolute atomic E-state index is 0.140. The Morgan fingerprint density at radius 1 is 1.41 bits per heavy atom. The van der Waals surface area contributed by atoms with Gasteiger partial charge in [-0.05, 0) is 6.92 Å². The van der Waals surface area contributed by atoms with Crippen LogP contribution in [-0.2, 0) is 19.1 Å². The summed E-state index contributed by atoms with van der Waals surface area (Å²) in [5.74, 6) is -2.21. The maximum atomic E-state index is 11.9. The molecule has 2 heterocycles. The number of carboxylic acid groups (broad SMARTS) is 1. The highest BCUT2D eigenvalue weighted by Gasteiger charge is 2.52. The summed E-state index contributed by atoms with van der Waals surface area (Å²) in [7, 11) is 0. The zero-order valence-electron chi connectivity index (χ0n) is 9.43. The van der Waals surface area contributed by atoms with Gasteiger partial charge in [-0.2, -0.15) is 0 Å². The van der Waals surface area contributed by atoms with Gasteiger partial charge in [-0.25, -0.2) is 4.79 Å². The Morgan fingerprint density at radius 2 is 2.00 bits per heavy atom. The normalized spacial score (nSPS) is 23.8. The van der Waals surface area contributed by atoms with E-state index in [4.69, 9.17) is 4.74 Å². The number of ether oxygens (including phenoxy) is 1. The van der Waals surface area contributed by atoms with E-state index in [0.717, 1.165) is 4.90 Å². The van der Waals surface area contributed by atoms with E-state index in [1.54, 1.807) is 0 Å². The molecule has 0 radical (unpaired) electrons. The zero-order chi connectivity index (χ0) is 12.6. The summed E-state index contributed by atoms with van der Waals surface area (Å²) >= 11 is 0. The Kier molecular flexibility index (Phi) is 2.74. The van der Waals surface area contributed by atoms with Crippen LogP contribution in [0.5, 0.6) is 0 Å². The number of carbonyl (C=O) groups excluding carboxylic acids is 2. The minimum atomic E-state index is -1.44. The number of carbonyl (C=O) groups is 3. The van der Waals surface area contributed by atoms with E-state index in [9.17, 15) is 19.5 Å². The van der Waals surface area contributed by atoms with Crippen molar-refractivity contribution in [2.75, 3.05) is 13.2 Å². The number of hydrogen-bond donors (Lipinski definition) is 1. The molecular formula is C11H13NO5. The fourth-order valence-corrected chi connectivity index (χ4v) is 2.24. The molecule has 2 aliphatic heterocycles. The average molecular weight is 239 g/mol. The molecule has 1 N–H and O–H groups in total. The Morgan fingerprint density at radius 3 is 2.41 bits per heavy atom. The van der Waals surface area contributed by atoms with Crippen LogP contribution in [0.2, 0.25) is 0 Å². The highest BCUT2D eigenvalue weighted by molar-refractivity contribution is 6.18. The lowest BCUT2D eigenvalue weighted by molar-refractivity contribution is -0.168. The molecule has 0 aromatic carbocycles. The molecule has 0 aliphatic carbocycles. The van der Waals surface area contributed by atoms with Crippen LogP contribution in [-0.4, -0.2) is 46.5 Å². The van der Waals surface area contributed by atoms with Crippen molar-refractivity contribution in [3.63, 3.8) is 0 Å². The maximum absolute atomic E-state index is 11.9. The van der Waals surface area contributed by atoms with Gasteiger partial charge in [-0.1, -0.05) is 0 Å². The van der Waals surface area contributed by atoms with Gasteiger partial charge in [0.05, 0.1) is 0 Å². The molecule has 92 valence electrons. The van der Waals surface area contributed by atoms with E-state index < -0.39 is 23.3 Å². The lowest BCUT2D eigenvalue weighted by Crippen LogP contribution is -2.60. The molecule has 0 aromatic heterocycles. The van der Waals surface area contributed by atoms with Gasteiger partial charge in [0.25, 0.3) is 11.8 Å². The molecule has 0 aromatic rings. The van der Waals surface area contributed by atoms with Crippen LogP contribution in [0.15, 0.2) is 11.6 Å². The second-order valence-corrected chi connectivity index (χ2v) is 4.26. The number of rotatable bonds is 2. The van der Waals surface area contributed by atoms with Crippen molar-refractivity contribution < 1.29 is 24.2 Å². The highest BCUT2D eigenvalue weighted by Crippen LogP contribution is 2.32. The molecule has 0 bridgehead atoms. The highest BCUT2D eigenvalue weighted by atomic mass is 16.5. The molecule has 0 unspecified atom stereocenters. The third-order valence-electron chi connectivity index (χ3n) is 3.25. The molecule has 6 heteroatoms. The number of hydrogen-bond acceptors (Lipinski definition) is 4. The maximum Gasteiger partial charge on any atom is 0.330 e. The van der Waals surface area contributed by atoms with Crippen molar-refractivity contribution in [1.29, 1.82) is 0 Å². The van der Waals surface area contributed by atoms with Gasteiger partial charge in [0.1, 0.15) is 0 Å². The monoisotopic (exact) mass is 239 g/mol. The van der Waals surface area contributed by atoms with Crippen LogP contribution >= 0.6 is 0 Å². The van der Waals surface area contributed by atoms with Crippen LogP contribution < -0.4 is 0 Å². The molecule has 1 saturated heterocycles. The van der Waals surface area contributed by atoms with Crippen molar-refractivity contribution in [3.05, 3.63) is 11.6 Å². The standard InChI is InChI=1S/C11H13NO5/c1-7-6-8(13)12(9(7)14)11(10(15)16)2-4-17-5-3-11/h6H,2-5H2,1H3,(H,15,16). The van der Waals surface area contributed by atoms with Crippen LogP contribution in [0.4, 0.5) is 0 Å². The zero-order valence-corrected chi connectivity index (χ0v) is 9.43. The summed E-state index contributed by atoms with van der Waals surface area (Å²) in [5.41, 5.74) is -1.16. The Balaban J connectivity index is 2.38. The molecule has 6 nitrogen and oxygen atoms in total. The fraction of sp³-hybridized carbons (Fsp3) is 0.545. The van der Waals surface area contributed by atoms with Gasteiger partial charge < -0.3 is 9.84 Å². The molecular weight excluding hydrogens is 226 g/mol. The van der Waals surface area contributed by atoms with Crippen LogP contribution in [0.1, 0.15) is 19.8 Å².